The van der Waals surface area contributed by atoms with Gasteiger partial charge in [-0.05, 0) is 39.2 Å². The number of likely N-dealkylation sites (tertiary alicyclic amines) is 1. The van der Waals surface area contributed by atoms with Crippen molar-refractivity contribution >= 4 is 16.9 Å². The summed E-state index contributed by atoms with van der Waals surface area (Å²) in [6.45, 7) is 5.47. The predicted octanol–water partition coefficient (Wildman–Crippen LogP) is 3.46. The van der Waals surface area contributed by atoms with Crippen molar-refractivity contribution in [2.45, 2.75) is 51.7 Å². The van der Waals surface area contributed by atoms with Gasteiger partial charge in [0.25, 0.3) is 5.91 Å². The molecule has 2 N–H and O–H groups in total. The minimum Gasteiger partial charge on any atom is -0.334 e. The summed E-state index contributed by atoms with van der Waals surface area (Å²) >= 11 is 0. The number of hydrogen-bond donors (Lipinski definition) is 1. The Kier molecular flexibility index (Phi) is 5.13. The van der Waals surface area contributed by atoms with E-state index in [2.05, 4.69) is 5.10 Å². The monoisotopic (exact) mass is 377 g/mol. The van der Waals surface area contributed by atoms with E-state index in [0.29, 0.717) is 12.1 Å². The standard InChI is InChI=1S/C22H27N5O/c1-3-27-21-18(14-24-27)17(13-19(25-21)16-9-5-4-6-10-16)22(28)26-12-8-7-11-20(26)15(2)23/h4-6,9-10,13-15,20H,3,7-8,11-12,23H2,1-2H3. The number of aryl methyl sites for hydroxylation is 1. The Balaban J connectivity index is 1.85. The van der Waals surface area contributed by atoms with Gasteiger partial charge >= 0.3 is 0 Å². The molecule has 2 unspecified atom stereocenters. The molecule has 0 spiro atoms. The van der Waals surface area contributed by atoms with Crippen molar-refractivity contribution in [3.8, 4) is 11.3 Å². The number of rotatable bonds is 4. The molecule has 0 saturated carbocycles. The van der Waals surface area contributed by atoms with Gasteiger partial charge in [0.1, 0.15) is 0 Å². The van der Waals surface area contributed by atoms with E-state index < -0.39 is 0 Å². The van der Waals surface area contributed by atoms with Crippen LogP contribution in [0, 0.1) is 0 Å². The molecule has 0 bridgehead atoms. The first-order valence-electron chi connectivity index (χ1n) is 10.1. The molecule has 4 rings (SSSR count). The van der Waals surface area contributed by atoms with Crippen molar-refractivity contribution in [3.05, 3.63) is 48.2 Å². The molecule has 2 atom stereocenters. The van der Waals surface area contributed by atoms with Crippen LogP contribution in [0.3, 0.4) is 0 Å². The van der Waals surface area contributed by atoms with Crippen LogP contribution in [0.25, 0.3) is 22.3 Å². The zero-order chi connectivity index (χ0) is 19.7. The summed E-state index contributed by atoms with van der Waals surface area (Å²) in [4.78, 5) is 20.4. The molecule has 0 aliphatic carbocycles. The van der Waals surface area contributed by atoms with Crippen molar-refractivity contribution in [2.75, 3.05) is 6.54 Å². The highest BCUT2D eigenvalue weighted by Crippen LogP contribution is 2.28. The first-order chi connectivity index (χ1) is 13.6. The lowest BCUT2D eigenvalue weighted by atomic mass is 9.95. The molecule has 0 radical (unpaired) electrons. The summed E-state index contributed by atoms with van der Waals surface area (Å²) in [6, 6.07) is 11.9. The van der Waals surface area contributed by atoms with Crippen molar-refractivity contribution in [3.63, 3.8) is 0 Å². The molecule has 28 heavy (non-hydrogen) atoms. The lowest BCUT2D eigenvalue weighted by Gasteiger charge is -2.38. The fraction of sp³-hybridized carbons (Fsp3) is 0.409. The van der Waals surface area contributed by atoms with Crippen LogP contribution < -0.4 is 5.73 Å². The van der Waals surface area contributed by atoms with Gasteiger partial charge in [0.2, 0.25) is 0 Å². The third-order valence-electron chi connectivity index (χ3n) is 5.63. The summed E-state index contributed by atoms with van der Waals surface area (Å²) in [7, 11) is 0. The molecular weight excluding hydrogens is 350 g/mol. The Labute approximate surface area is 165 Å². The van der Waals surface area contributed by atoms with Crippen LogP contribution in [0.2, 0.25) is 0 Å². The second-order valence-corrected chi connectivity index (χ2v) is 7.54. The number of carbonyl (C=O) groups excluding carboxylic acids is 1. The molecule has 1 aromatic carbocycles. The van der Waals surface area contributed by atoms with E-state index in [-0.39, 0.29) is 18.0 Å². The smallest absolute Gasteiger partial charge is 0.255 e. The fourth-order valence-corrected chi connectivity index (χ4v) is 4.12. The number of carbonyl (C=O) groups is 1. The summed E-state index contributed by atoms with van der Waals surface area (Å²) in [5.74, 6) is 0.0298. The first-order valence-corrected chi connectivity index (χ1v) is 10.1. The van der Waals surface area contributed by atoms with Gasteiger partial charge in [-0.2, -0.15) is 5.10 Å². The van der Waals surface area contributed by atoms with Gasteiger partial charge in [0.15, 0.2) is 5.65 Å². The third-order valence-corrected chi connectivity index (χ3v) is 5.63. The summed E-state index contributed by atoms with van der Waals surface area (Å²) in [5.41, 5.74) is 9.41. The summed E-state index contributed by atoms with van der Waals surface area (Å²) in [5, 5.41) is 5.26. The van der Waals surface area contributed by atoms with Gasteiger partial charge in [-0.25, -0.2) is 9.67 Å². The lowest BCUT2D eigenvalue weighted by molar-refractivity contribution is 0.0586. The number of fused-ring (bicyclic) bond motifs is 1. The third kappa shape index (κ3) is 3.29. The minimum atomic E-state index is -0.0477. The van der Waals surface area contributed by atoms with E-state index in [1.165, 1.54) is 0 Å². The van der Waals surface area contributed by atoms with Gasteiger partial charge in [-0.1, -0.05) is 30.3 Å². The Morgan fingerprint density at radius 2 is 2.07 bits per heavy atom. The Bertz CT molecular complexity index is 979. The Morgan fingerprint density at radius 1 is 1.29 bits per heavy atom. The van der Waals surface area contributed by atoms with Crippen molar-refractivity contribution in [1.29, 1.82) is 0 Å². The predicted molar refractivity (Wildman–Crippen MR) is 111 cm³/mol. The molecule has 1 aliphatic rings. The number of nitrogens with zero attached hydrogens (tertiary/aromatic N) is 4. The van der Waals surface area contributed by atoms with Crippen LogP contribution in [0.15, 0.2) is 42.6 Å². The van der Waals surface area contributed by atoms with E-state index in [4.69, 9.17) is 10.7 Å². The van der Waals surface area contributed by atoms with Crippen LogP contribution in [0.4, 0.5) is 0 Å². The fourth-order valence-electron chi connectivity index (χ4n) is 4.12. The highest BCUT2D eigenvalue weighted by Gasteiger charge is 2.31. The number of nitrogens with two attached hydrogens (primary N) is 1. The minimum absolute atomic E-state index is 0.0298. The Morgan fingerprint density at radius 3 is 2.79 bits per heavy atom. The molecule has 1 aliphatic heterocycles. The number of piperidine rings is 1. The number of benzene rings is 1. The van der Waals surface area contributed by atoms with Crippen molar-refractivity contribution < 1.29 is 4.79 Å². The van der Waals surface area contributed by atoms with Crippen molar-refractivity contribution in [2.24, 2.45) is 5.73 Å². The average molecular weight is 377 g/mol. The summed E-state index contributed by atoms with van der Waals surface area (Å²) in [6.07, 6.45) is 4.85. The van der Waals surface area contributed by atoms with E-state index in [1.54, 1.807) is 6.20 Å². The molecule has 3 aromatic rings. The molecule has 1 saturated heterocycles. The molecule has 1 fully saturated rings. The molecule has 6 nitrogen and oxygen atoms in total. The molecule has 6 heteroatoms. The highest BCUT2D eigenvalue weighted by atomic mass is 16.2. The second-order valence-electron chi connectivity index (χ2n) is 7.54. The number of amides is 1. The maximum absolute atomic E-state index is 13.6. The molecule has 146 valence electrons. The maximum atomic E-state index is 13.6. The van der Waals surface area contributed by atoms with Crippen LogP contribution in [0.1, 0.15) is 43.5 Å². The second kappa shape index (κ2) is 7.72. The normalized spacial score (nSPS) is 18.4. The molecule has 2 aromatic heterocycles. The highest BCUT2D eigenvalue weighted by molar-refractivity contribution is 6.06. The van der Waals surface area contributed by atoms with Crippen LogP contribution in [-0.4, -0.2) is 44.2 Å². The number of pyridine rings is 1. The zero-order valence-corrected chi connectivity index (χ0v) is 16.5. The van der Waals surface area contributed by atoms with Crippen molar-refractivity contribution in [1.82, 2.24) is 19.7 Å². The first kappa shape index (κ1) is 18.6. The quantitative estimate of drug-likeness (QED) is 0.755. The van der Waals surface area contributed by atoms with E-state index in [9.17, 15) is 4.79 Å². The molecule has 1 amide bonds. The van der Waals surface area contributed by atoms with Gasteiger partial charge in [-0.15, -0.1) is 0 Å². The Hall–Kier alpha value is -2.73. The maximum Gasteiger partial charge on any atom is 0.255 e. The van der Waals surface area contributed by atoms with Gasteiger partial charge in [0.05, 0.1) is 22.8 Å². The van der Waals surface area contributed by atoms with Gasteiger partial charge in [0, 0.05) is 30.7 Å². The molecule has 3 heterocycles. The number of hydrogen-bond acceptors (Lipinski definition) is 4. The van der Waals surface area contributed by atoms with E-state index >= 15 is 0 Å². The van der Waals surface area contributed by atoms with E-state index in [0.717, 1.165) is 48.1 Å². The van der Waals surface area contributed by atoms with Crippen LogP contribution in [-0.2, 0) is 6.54 Å². The average Bonchev–Trinajstić information content (AvgIpc) is 3.16. The zero-order valence-electron chi connectivity index (χ0n) is 16.5. The van der Waals surface area contributed by atoms with E-state index in [1.807, 2.05) is 59.8 Å². The topological polar surface area (TPSA) is 77.0 Å². The SMILES string of the molecule is CCn1ncc2c(C(=O)N3CCCCC3C(C)N)cc(-c3ccccc3)nc21. The largest absolute Gasteiger partial charge is 0.334 e. The van der Waals surface area contributed by atoms with Crippen LogP contribution >= 0.6 is 0 Å². The van der Waals surface area contributed by atoms with Crippen LogP contribution in [0.5, 0.6) is 0 Å². The lowest BCUT2D eigenvalue weighted by Crippen LogP contribution is -2.51. The number of aromatic nitrogens is 3. The van der Waals surface area contributed by atoms with Gasteiger partial charge in [-0.3, -0.25) is 4.79 Å². The molecular formula is C22H27N5O. The van der Waals surface area contributed by atoms with Gasteiger partial charge < -0.3 is 10.6 Å². The summed E-state index contributed by atoms with van der Waals surface area (Å²) < 4.78 is 1.85.